The van der Waals surface area contributed by atoms with Crippen LogP contribution in [0.4, 0.5) is 0 Å². The summed E-state index contributed by atoms with van der Waals surface area (Å²) in [6, 6.07) is 0. The van der Waals surface area contributed by atoms with Crippen molar-refractivity contribution in [3.8, 4) is 0 Å². The molecule has 16 heavy (non-hydrogen) atoms. The number of carbonyl (C=O) groups excluding carboxylic acids is 2. The molecular formula is C12H21NO3. The van der Waals surface area contributed by atoms with Crippen LogP contribution >= 0.6 is 0 Å². The van der Waals surface area contributed by atoms with Gasteiger partial charge in [0, 0.05) is 19.4 Å². The first-order chi connectivity index (χ1) is 7.35. The van der Waals surface area contributed by atoms with Gasteiger partial charge >= 0.3 is 0 Å². The van der Waals surface area contributed by atoms with Gasteiger partial charge in [0.05, 0.1) is 6.10 Å². The molecule has 0 aliphatic carbocycles. The van der Waals surface area contributed by atoms with Crippen molar-refractivity contribution in [2.24, 2.45) is 5.41 Å². The minimum Gasteiger partial charge on any atom is -0.393 e. The number of likely N-dealkylation sites (tertiary alicyclic amines) is 1. The summed E-state index contributed by atoms with van der Waals surface area (Å²) in [6.45, 7) is 6.10. The third-order valence-electron chi connectivity index (χ3n) is 3.02. The van der Waals surface area contributed by atoms with Gasteiger partial charge in [-0.3, -0.25) is 14.5 Å². The Balaban J connectivity index is 2.55. The van der Waals surface area contributed by atoms with E-state index in [1.54, 1.807) is 0 Å². The van der Waals surface area contributed by atoms with Crippen LogP contribution < -0.4 is 0 Å². The molecule has 2 amide bonds. The third kappa shape index (κ3) is 3.30. The van der Waals surface area contributed by atoms with Gasteiger partial charge in [0.2, 0.25) is 11.8 Å². The minimum absolute atomic E-state index is 0.107. The van der Waals surface area contributed by atoms with Gasteiger partial charge in [0.15, 0.2) is 0 Å². The number of aliphatic hydroxyl groups excluding tert-OH is 1. The second-order valence-corrected chi connectivity index (χ2v) is 5.31. The van der Waals surface area contributed by atoms with Crippen molar-refractivity contribution in [2.45, 2.75) is 52.6 Å². The van der Waals surface area contributed by atoms with Crippen molar-refractivity contribution in [3.05, 3.63) is 0 Å². The number of carbonyl (C=O) groups is 2. The van der Waals surface area contributed by atoms with E-state index in [0.717, 1.165) is 0 Å². The minimum atomic E-state index is -0.421. The molecule has 1 rings (SSSR count). The fourth-order valence-electron chi connectivity index (χ4n) is 1.94. The van der Waals surface area contributed by atoms with Crippen LogP contribution in [0.15, 0.2) is 0 Å². The molecule has 4 nitrogen and oxygen atoms in total. The molecule has 1 aliphatic rings. The summed E-state index contributed by atoms with van der Waals surface area (Å²) in [6.07, 6.45) is 1.55. The molecule has 0 aromatic heterocycles. The van der Waals surface area contributed by atoms with Crippen LogP contribution in [-0.2, 0) is 9.59 Å². The molecular weight excluding hydrogens is 206 g/mol. The lowest BCUT2D eigenvalue weighted by Crippen LogP contribution is -2.46. The SMILES string of the molecule is CCC(O)CCN1C(=O)CC(C)(C)CC1=O. The summed E-state index contributed by atoms with van der Waals surface area (Å²) in [4.78, 5) is 24.8. The van der Waals surface area contributed by atoms with Crippen molar-refractivity contribution in [2.75, 3.05) is 6.54 Å². The van der Waals surface area contributed by atoms with E-state index in [-0.39, 0.29) is 17.2 Å². The van der Waals surface area contributed by atoms with E-state index in [2.05, 4.69) is 0 Å². The summed E-state index contributed by atoms with van der Waals surface area (Å²) >= 11 is 0. The summed E-state index contributed by atoms with van der Waals surface area (Å²) in [7, 11) is 0. The molecule has 0 saturated carbocycles. The first-order valence-electron chi connectivity index (χ1n) is 5.87. The highest BCUT2D eigenvalue weighted by molar-refractivity contribution is 5.98. The van der Waals surface area contributed by atoms with Crippen LogP contribution in [-0.4, -0.2) is 34.5 Å². The Morgan fingerprint density at radius 2 is 1.81 bits per heavy atom. The van der Waals surface area contributed by atoms with Gasteiger partial charge < -0.3 is 5.11 Å². The fraction of sp³-hybridized carbons (Fsp3) is 0.833. The van der Waals surface area contributed by atoms with Crippen LogP contribution in [0.5, 0.6) is 0 Å². The smallest absolute Gasteiger partial charge is 0.229 e. The maximum atomic E-state index is 11.7. The quantitative estimate of drug-likeness (QED) is 0.737. The largest absolute Gasteiger partial charge is 0.393 e. The molecule has 1 fully saturated rings. The van der Waals surface area contributed by atoms with Crippen LogP contribution in [0.2, 0.25) is 0 Å². The van der Waals surface area contributed by atoms with E-state index < -0.39 is 6.10 Å². The zero-order valence-corrected chi connectivity index (χ0v) is 10.3. The highest BCUT2D eigenvalue weighted by Crippen LogP contribution is 2.31. The lowest BCUT2D eigenvalue weighted by Gasteiger charge is -2.35. The highest BCUT2D eigenvalue weighted by Gasteiger charge is 2.37. The van der Waals surface area contributed by atoms with Gasteiger partial charge in [0.25, 0.3) is 0 Å². The maximum Gasteiger partial charge on any atom is 0.229 e. The van der Waals surface area contributed by atoms with Crippen LogP contribution in [0.3, 0.4) is 0 Å². The number of nitrogens with zero attached hydrogens (tertiary/aromatic N) is 1. The van der Waals surface area contributed by atoms with E-state index in [4.69, 9.17) is 0 Å². The average Bonchev–Trinajstić information content (AvgIpc) is 2.14. The molecule has 1 atom stereocenters. The van der Waals surface area contributed by atoms with Gasteiger partial charge in [-0.15, -0.1) is 0 Å². The Labute approximate surface area is 96.6 Å². The molecule has 0 aromatic carbocycles. The normalized spacial score (nSPS) is 22.4. The second kappa shape index (κ2) is 4.95. The van der Waals surface area contributed by atoms with Gasteiger partial charge in [-0.1, -0.05) is 20.8 Å². The molecule has 0 aromatic rings. The van der Waals surface area contributed by atoms with Crippen molar-refractivity contribution in [1.82, 2.24) is 4.90 Å². The molecule has 0 bridgehead atoms. The zero-order valence-electron chi connectivity index (χ0n) is 10.3. The van der Waals surface area contributed by atoms with Crippen LogP contribution in [0, 0.1) is 5.41 Å². The number of hydrogen-bond acceptors (Lipinski definition) is 3. The maximum absolute atomic E-state index is 11.7. The molecule has 1 heterocycles. The van der Waals surface area contributed by atoms with Crippen molar-refractivity contribution >= 4 is 11.8 Å². The molecule has 4 heteroatoms. The third-order valence-corrected chi connectivity index (χ3v) is 3.02. The van der Waals surface area contributed by atoms with Crippen LogP contribution in [0.1, 0.15) is 46.5 Å². The lowest BCUT2D eigenvalue weighted by atomic mass is 9.81. The lowest BCUT2D eigenvalue weighted by molar-refractivity contribution is -0.152. The Morgan fingerprint density at radius 1 is 1.31 bits per heavy atom. The molecule has 0 radical (unpaired) electrons. The topological polar surface area (TPSA) is 57.6 Å². The van der Waals surface area contributed by atoms with E-state index in [9.17, 15) is 14.7 Å². The fourth-order valence-corrected chi connectivity index (χ4v) is 1.94. The number of rotatable bonds is 4. The molecule has 0 spiro atoms. The van der Waals surface area contributed by atoms with Crippen molar-refractivity contribution in [1.29, 1.82) is 0 Å². The Morgan fingerprint density at radius 3 is 2.25 bits per heavy atom. The van der Waals surface area contributed by atoms with Crippen molar-refractivity contribution in [3.63, 3.8) is 0 Å². The molecule has 1 unspecified atom stereocenters. The number of aliphatic hydroxyl groups is 1. The van der Waals surface area contributed by atoms with Crippen molar-refractivity contribution < 1.29 is 14.7 Å². The first kappa shape index (κ1) is 13.2. The summed E-state index contributed by atoms with van der Waals surface area (Å²) in [5.74, 6) is -0.214. The monoisotopic (exact) mass is 227 g/mol. The summed E-state index contributed by atoms with van der Waals surface area (Å²) < 4.78 is 0. The predicted molar refractivity (Wildman–Crippen MR) is 60.6 cm³/mol. The number of piperidine rings is 1. The number of amides is 2. The predicted octanol–water partition coefficient (Wildman–Crippen LogP) is 1.32. The Kier molecular flexibility index (Phi) is 4.08. The summed E-state index contributed by atoms with van der Waals surface area (Å²) in [5.41, 5.74) is -0.214. The molecule has 1 saturated heterocycles. The van der Waals surface area contributed by atoms with Crippen LogP contribution in [0.25, 0.3) is 0 Å². The Hall–Kier alpha value is -0.900. The van der Waals surface area contributed by atoms with E-state index in [1.807, 2.05) is 20.8 Å². The highest BCUT2D eigenvalue weighted by atomic mass is 16.3. The van der Waals surface area contributed by atoms with E-state index in [0.29, 0.717) is 32.2 Å². The zero-order chi connectivity index (χ0) is 12.3. The number of hydrogen-bond donors (Lipinski definition) is 1. The Bertz CT molecular complexity index is 266. The molecule has 1 aliphatic heterocycles. The van der Waals surface area contributed by atoms with Gasteiger partial charge in [-0.25, -0.2) is 0 Å². The first-order valence-corrected chi connectivity index (χ1v) is 5.87. The van der Waals surface area contributed by atoms with Gasteiger partial charge in [-0.2, -0.15) is 0 Å². The number of imide groups is 1. The van der Waals surface area contributed by atoms with E-state index >= 15 is 0 Å². The van der Waals surface area contributed by atoms with E-state index in [1.165, 1.54) is 4.90 Å². The average molecular weight is 227 g/mol. The summed E-state index contributed by atoms with van der Waals surface area (Å²) in [5, 5.41) is 9.41. The second-order valence-electron chi connectivity index (χ2n) is 5.31. The van der Waals surface area contributed by atoms with Gasteiger partial charge in [-0.05, 0) is 18.3 Å². The standard InChI is InChI=1S/C12H21NO3/c1-4-9(14)5-6-13-10(15)7-12(2,3)8-11(13)16/h9,14H,4-8H2,1-3H3. The van der Waals surface area contributed by atoms with Gasteiger partial charge in [0.1, 0.15) is 0 Å². The molecule has 1 N–H and O–H groups in total. The molecule has 92 valence electrons.